The molecule has 0 fully saturated rings. The van der Waals surface area contributed by atoms with E-state index in [4.69, 9.17) is 14.2 Å². The molecule has 7 nitrogen and oxygen atoms in total. The molecule has 2 aliphatic heterocycles. The van der Waals surface area contributed by atoms with Gasteiger partial charge in [-0.1, -0.05) is 18.2 Å². The molecule has 190 valence electrons. The number of para-hydroxylation sites is 1. The molecule has 36 heavy (non-hydrogen) atoms. The van der Waals surface area contributed by atoms with Crippen molar-refractivity contribution < 1.29 is 19.0 Å². The Bertz CT molecular complexity index is 1250. The molecule has 7 heteroatoms. The molecule has 3 aromatic rings. The standard InChI is InChI=1S/C29H35N3O4/c1-20-10-11-23-24(30-20)12-13-26-27(23)35-22(19-34-26)18-32(28(33)36-29(2,3)4)16-7-15-31-17-14-21-8-5-6-9-25(21)31/h5-6,8-13,22H,7,14-19H2,1-4H3/t22-/m0/s1. The van der Waals surface area contributed by atoms with Crippen molar-refractivity contribution in [3.05, 3.63) is 59.8 Å². The monoisotopic (exact) mass is 489 g/mol. The lowest BCUT2D eigenvalue weighted by atomic mass is 10.1. The lowest BCUT2D eigenvalue weighted by Crippen LogP contribution is -2.46. The van der Waals surface area contributed by atoms with Crippen molar-refractivity contribution in [1.82, 2.24) is 9.88 Å². The Morgan fingerprint density at radius 1 is 1.17 bits per heavy atom. The van der Waals surface area contributed by atoms with Crippen molar-refractivity contribution in [1.29, 1.82) is 0 Å². The lowest BCUT2D eigenvalue weighted by molar-refractivity contribution is 0.00853. The Kier molecular flexibility index (Phi) is 6.65. The first-order valence-electron chi connectivity index (χ1n) is 12.8. The molecule has 0 N–H and O–H groups in total. The Hall–Kier alpha value is -3.48. The fraction of sp³-hybridized carbons (Fsp3) is 0.448. The summed E-state index contributed by atoms with van der Waals surface area (Å²) in [6.07, 6.45) is 1.28. The molecule has 0 saturated heterocycles. The average Bonchev–Trinajstić information content (AvgIpc) is 3.25. The third-order valence-corrected chi connectivity index (χ3v) is 6.55. The second kappa shape index (κ2) is 9.88. The number of rotatable bonds is 6. The fourth-order valence-corrected chi connectivity index (χ4v) is 4.89. The van der Waals surface area contributed by atoms with Gasteiger partial charge in [-0.3, -0.25) is 4.98 Å². The third kappa shape index (κ3) is 5.35. The summed E-state index contributed by atoms with van der Waals surface area (Å²) in [4.78, 5) is 21.9. The van der Waals surface area contributed by atoms with Crippen LogP contribution in [0, 0.1) is 6.92 Å². The molecular formula is C29H35N3O4. The van der Waals surface area contributed by atoms with Crippen molar-refractivity contribution in [2.75, 3.05) is 37.7 Å². The highest BCUT2D eigenvalue weighted by atomic mass is 16.6. The van der Waals surface area contributed by atoms with Crippen LogP contribution in [0.15, 0.2) is 48.5 Å². The Labute approximate surface area is 213 Å². The topological polar surface area (TPSA) is 64.1 Å². The van der Waals surface area contributed by atoms with E-state index in [1.54, 1.807) is 4.90 Å². The number of ether oxygens (including phenoxy) is 3. The van der Waals surface area contributed by atoms with E-state index in [0.29, 0.717) is 31.2 Å². The van der Waals surface area contributed by atoms with Crippen LogP contribution in [-0.4, -0.2) is 60.5 Å². The van der Waals surface area contributed by atoms with Crippen molar-refractivity contribution in [2.45, 2.75) is 52.2 Å². The van der Waals surface area contributed by atoms with Gasteiger partial charge in [-0.15, -0.1) is 0 Å². The molecule has 0 unspecified atom stereocenters. The molecule has 2 aliphatic rings. The van der Waals surface area contributed by atoms with E-state index in [2.05, 4.69) is 34.1 Å². The highest BCUT2D eigenvalue weighted by Crippen LogP contribution is 2.38. The normalized spacial score (nSPS) is 16.7. The van der Waals surface area contributed by atoms with Crippen molar-refractivity contribution in [2.24, 2.45) is 0 Å². The predicted octanol–water partition coefficient (Wildman–Crippen LogP) is 5.37. The van der Waals surface area contributed by atoms with Gasteiger partial charge in [0.1, 0.15) is 12.2 Å². The van der Waals surface area contributed by atoms with Crippen LogP contribution >= 0.6 is 0 Å². The maximum atomic E-state index is 13.1. The Balaban J connectivity index is 1.28. The zero-order valence-electron chi connectivity index (χ0n) is 21.6. The van der Waals surface area contributed by atoms with Crippen LogP contribution in [0.2, 0.25) is 0 Å². The van der Waals surface area contributed by atoms with E-state index < -0.39 is 5.60 Å². The van der Waals surface area contributed by atoms with E-state index in [0.717, 1.165) is 42.5 Å². The van der Waals surface area contributed by atoms with Crippen molar-refractivity contribution in [3.63, 3.8) is 0 Å². The van der Waals surface area contributed by atoms with Crippen LogP contribution in [-0.2, 0) is 11.2 Å². The summed E-state index contributed by atoms with van der Waals surface area (Å²) in [5, 5.41) is 0.916. The number of fused-ring (bicyclic) bond motifs is 4. The maximum Gasteiger partial charge on any atom is 0.410 e. The molecule has 2 aromatic carbocycles. The minimum absolute atomic E-state index is 0.301. The minimum Gasteiger partial charge on any atom is -0.486 e. The van der Waals surface area contributed by atoms with E-state index in [1.807, 2.05) is 52.0 Å². The van der Waals surface area contributed by atoms with Gasteiger partial charge in [0.25, 0.3) is 0 Å². The number of carbonyl (C=O) groups excluding carboxylic acids is 1. The first-order chi connectivity index (χ1) is 17.3. The molecule has 0 bridgehead atoms. The highest BCUT2D eigenvalue weighted by molar-refractivity contribution is 5.88. The smallest absolute Gasteiger partial charge is 0.410 e. The number of nitrogens with zero attached hydrogens (tertiary/aromatic N) is 3. The van der Waals surface area contributed by atoms with Crippen LogP contribution in [0.25, 0.3) is 10.9 Å². The number of hydrogen-bond acceptors (Lipinski definition) is 6. The van der Waals surface area contributed by atoms with Gasteiger partial charge in [-0.2, -0.15) is 0 Å². The zero-order valence-corrected chi connectivity index (χ0v) is 21.6. The Morgan fingerprint density at radius 2 is 2.00 bits per heavy atom. The summed E-state index contributed by atoms with van der Waals surface area (Å²) in [7, 11) is 0. The van der Waals surface area contributed by atoms with Gasteiger partial charge in [-0.25, -0.2) is 4.79 Å². The molecule has 0 aliphatic carbocycles. The lowest BCUT2D eigenvalue weighted by Gasteiger charge is -2.33. The second-order valence-electron chi connectivity index (χ2n) is 10.6. The second-order valence-corrected chi connectivity index (χ2v) is 10.6. The largest absolute Gasteiger partial charge is 0.486 e. The molecule has 1 amide bonds. The number of aryl methyl sites for hydroxylation is 1. The molecule has 0 radical (unpaired) electrons. The number of anilines is 1. The molecule has 3 heterocycles. The summed E-state index contributed by atoms with van der Waals surface area (Å²) in [5.74, 6) is 1.40. The van der Waals surface area contributed by atoms with Gasteiger partial charge >= 0.3 is 6.09 Å². The van der Waals surface area contributed by atoms with Gasteiger partial charge in [0.05, 0.1) is 12.1 Å². The maximum absolute atomic E-state index is 13.1. The molecule has 0 spiro atoms. The molecule has 1 atom stereocenters. The van der Waals surface area contributed by atoms with Gasteiger partial charge in [0.2, 0.25) is 0 Å². The molecule has 5 rings (SSSR count). The van der Waals surface area contributed by atoms with Gasteiger partial charge in [0, 0.05) is 36.4 Å². The highest BCUT2D eigenvalue weighted by Gasteiger charge is 2.30. The van der Waals surface area contributed by atoms with E-state index >= 15 is 0 Å². The van der Waals surface area contributed by atoms with Crippen molar-refractivity contribution in [3.8, 4) is 11.5 Å². The van der Waals surface area contributed by atoms with Crippen LogP contribution in [0.4, 0.5) is 10.5 Å². The quantitative estimate of drug-likeness (QED) is 0.464. The van der Waals surface area contributed by atoms with E-state index in [-0.39, 0.29) is 12.2 Å². The van der Waals surface area contributed by atoms with E-state index in [1.165, 1.54) is 11.3 Å². The van der Waals surface area contributed by atoms with Crippen LogP contribution < -0.4 is 14.4 Å². The number of amides is 1. The van der Waals surface area contributed by atoms with Gasteiger partial charge in [-0.05, 0) is 76.4 Å². The summed E-state index contributed by atoms with van der Waals surface area (Å²) >= 11 is 0. The van der Waals surface area contributed by atoms with Crippen LogP contribution in [0.1, 0.15) is 38.4 Å². The number of carbonyl (C=O) groups is 1. The average molecular weight is 490 g/mol. The zero-order chi connectivity index (χ0) is 25.3. The van der Waals surface area contributed by atoms with Gasteiger partial charge in [0.15, 0.2) is 17.6 Å². The number of benzene rings is 2. The fourth-order valence-electron chi connectivity index (χ4n) is 4.89. The van der Waals surface area contributed by atoms with Crippen molar-refractivity contribution >= 4 is 22.7 Å². The number of pyridine rings is 1. The van der Waals surface area contributed by atoms with Gasteiger partial charge < -0.3 is 24.0 Å². The number of hydrogen-bond donors (Lipinski definition) is 0. The van der Waals surface area contributed by atoms with E-state index in [9.17, 15) is 4.79 Å². The number of aromatic nitrogens is 1. The van der Waals surface area contributed by atoms with Crippen LogP contribution in [0.5, 0.6) is 11.5 Å². The summed E-state index contributed by atoms with van der Waals surface area (Å²) in [6.45, 7) is 10.9. The summed E-state index contributed by atoms with van der Waals surface area (Å²) in [6, 6.07) is 16.4. The minimum atomic E-state index is -0.570. The molecular weight excluding hydrogens is 454 g/mol. The molecule has 1 aromatic heterocycles. The SMILES string of the molecule is Cc1ccc2c3c(ccc2n1)OC[C@H](CN(CCCN1CCc2ccccc21)C(=O)OC(C)(C)C)O3. The third-order valence-electron chi connectivity index (χ3n) is 6.55. The first-order valence-corrected chi connectivity index (χ1v) is 12.8. The summed E-state index contributed by atoms with van der Waals surface area (Å²) < 4.78 is 18.2. The first kappa shape index (κ1) is 24.2. The Morgan fingerprint density at radius 3 is 2.83 bits per heavy atom. The molecule has 0 saturated carbocycles. The summed E-state index contributed by atoms with van der Waals surface area (Å²) in [5.41, 5.74) is 3.95. The predicted molar refractivity (Wildman–Crippen MR) is 141 cm³/mol. The van der Waals surface area contributed by atoms with Crippen LogP contribution in [0.3, 0.4) is 0 Å².